The summed E-state index contributed by atoms with van der Waals surface area (Å²) in [6, 6.07) is 7.54. The minimum Gasteiger partial charge on any atom is -0.477 e. The number of hydrogen-bond acceptors (Lipinski definition) is 2. The zero-order valence-electron chi connectivity index (χ0n) is 9.69. The number of fused-ring (bicyclic) bond motifs is 1. The smallest absolute Gasteiger partial charge is 0.352 e. The van der Waals surface area contributed by atoms with Crippen LogP contribution in [0.25, 0.3) is 10.9 Å². The van der Waals surface area contributed by atoms with E-state index in [-0.39, 0.29) is 12.2 Å². The molecule has 0 fully saturated rings. The second-order valence-electron chi connectivity index (χ2n) is 4.10. The molecule has 0 aliphatic carbocycles. The van der Waals surface area contributed by atoms with Crippen LogP contribution in [0, 0.1) is 25.2 Å². The first-order chi connectivity index (χ1) is 8.04. The van der Waals surface area contributed by atoms with Crippen molar-refractivity contribution >= 4 is 16.9 Å². The van der Waals surface area contributed by atoms with Crippen LogP contribution in [0.5, 0.6) is 0 Å². The molecule has 1 aromatic carbocycles. The molecular weight excluding hydrogens is 216 g/mol. The van der Waals surface area contributed by atoms with E-state index in [2.05, 4.69) is 0 Å². The molecule has 2 aromatic rings. The topological polar surface area (TPSA) is 66.0 Å². The molecule has 1 aromatic heterocycles. The molecule has 0 saturated carbocycles. The summed E-state index contributed by atoms with van der Waals surface area (Å²) >= 11 is 0. The Morgan fingerprint density at radius 3 is 2.71 bits per heavy atom. The van der Waals surface area contributed by atoms with Crippen molar-refractivity contribution < 1.29 is 9.90 Å². The number of aromatic carboxylic acids is 1. The van der Waals surface area contributed by atoms with Crippen molar-refractivity contribution in [3.63, 3.8) is 0 Å². The second kappa shape index (κ2) is 3.95. The molecule has 0 aliphatic rings. The van der Waals surface area contributed by atoms with Crippen molar-refractivity contribution in [2.24, 2.45) is 0 Å². The summed E-state index contributed by atoms with van der Waals surface area (Å²) in [5.74, 6) is -1.01. The highest BCUT2D eigenvalue weighted by Gasteiger charge is 2.15. The van der Waals surface area contributed by atoms with Gasteiger partial charge in [0, 0.05) is 5.39 Å². The van der Waals surface area contributed by atoms with Gasteiger partial charge in [0.2, 0.25) is 0 Å². The number of benzene rings is 1. The van der Waals surface area contributed by atoms with Gasteiger partial charge in [-0.05, 0) is 31.5 Å². The fraction of sp³-hybridized carbons (Fsp3) is 0.231. The van der Waals surface area contributed by atoms with Gasteiger partial charge in [0.1, 0.15) is 12.2 Å². The largest absolute Gasteiger partial charge is 0.477 e. The molecule has 0 atom stereocenters. The first-order valence-corrected chi connectivity index (χ1v) is 5.25. The van der Waals surface area contributed by atoms with Crippen LogP contribution in [0.1, 0.15) is 21.6 Å². The number of rotatable bonds is 2. The molecule has 0 unspecified atom stereocenters. The lowest BCUT2D eigenvalue weighted by Crippen LogP contribution is -2.07. The first kappa shape index (κ1) is 11.2. The Bertz CT molecular complexity index is 647. The Balaban J connectivity index is 2.86. The predicted octanol–water partition coefficient (Wildman–Crippen LogP) is 2.48. The number of nitrogens with zero attached hydrogens (tertiary/aromatic N) is 2. The van der Waals surface area contributed by atoms with E-state index in [0.29, 0.717) is 0 Å². The van der Waals surface area contributed by atoms with E-state index in [1.807, 2.05) is 32.0 Å². The molecule has 0 aliphatic heterocycles. The van der Waals surface area contributed by atoms with E-state index >= 15 is 0 Å². The highest BCUT2D eigenvalue weighted by atomic mass is 16.4. The SMILES string of the molecule is Cc1cc(C)c2c(c1)cc(C(=O)O)n2CC#N. The van der Waals surface area contributed by atoms with Crippen LogP contribution in [0.15, 0.2) is 18.2 Å². The van der Waals surface area contributed by atoms with E-state index in [4.69, 9.17) is 10.4 Å². The minimum atomic E-state index is -1.01. The predicted molar refractivity (Wildman–Crippen MR) is 64.0 cm³/mol. The molecule has 2 rings (SSSR count). The van der Waals surface area contributed by atoms with Gasteiger partial charge in [0.25, 0.3) is 0 Å². The minimum absolute atomic E-state index is 0.0506. The molecule has 17 heavy (non-hydrogen) atoms. The molecule has 4 heteroatoms. The summed E-state index contributed by atoms with van der Waals surface area (Å²) in [6.07, 6.45) is 0. The highest BCUT2D eigenvalue weighted by Crippen LogP contribution is 2.25. The number of carboxylic acid groups (broad SMARTS) is 1. The fourth-order valence-corrected chi connectivity index (χ4v) is 2.23. The molecule has 4 nitrogen and oxygen atoms in total. The van der Waals surface area contributed by atoms with Crippen LogP contribution >= 0.6 is 0 Å². The van der Waals surface area contributed by atoms with E-state index in [9.17, 15) is 4.79 Å². The maximum absolute atomic E-state index is 11.1. The quantitative estimate of drug-likeness (QED) is 0.858. The zero-order valence-corrected chi connectivity index (χ0v) is 9.69. The maximum atomic E-state index is 11.1. The van der Waals surface area contributed by atoms with Crippen LogP contribution in [-0.2, 0) is 6.54 Å². The van der Waals surface area contributed by atoms with Crippen molar-refractivity contribution in [1.82, 2.24) is 4.57 Å². The monoisotopic (exact) mass is 228 g/mol. The van der Waals surface area contributed by atoms with Crippen molar-refractivity contribution in [3.8, 4) is 6.07 Å². The lowest BCUT2D eigenvalue weighted by molar-refractivity contribution is 0.0686. The van der Waals surface area contributed by atoms with Gasteiger partial charge in [-0.3, -0.25) is 0 Å². The van der Waals surface area contributed by atoms with Crippen LogP contribution in [0.2, 0.25) is 0 Å². The molecule has 0 bridgehead atoms. The van der Waals surface area contributed by atoms with Gasteiger partial charge in [-0.15, -0.1) is 0 Å². The van der Waals surface area contributed by atoms with Crippen LogP contribution < -0.4 is 0 Å². The van der Waals surface area contributed by atoms with Crippen LogP contribution in [0.4, 0.5) is 0 Å². The first-order valence-electron chi connectivity index (χ1n) is 5.25. The standard InChI is InChI=1S/C13H12N2O2/c1-8-5-9(2)12-10(6-8)7-11(13(16)17)15(12)4-3-14/h5-7H,4H2,1-2H3,(H,16,17). The van der Waals surface area contributed by atoms with Gasteiger partial charge >= 0.3 is 5.97 Å². The lowest BCUT2D eigenvalue weighted by Gasteiger charge is -2.06. The molecule has 1 heterocycles. The average Bonchev–Trinajstić information content (AvgIpc) is 2.57. The molecular formula is C13H12N2O2. The Morgan fingerprint density at radius 2 is 2.12 bits per heavy atom. The highest BCUT2D eigenvalue weighted by molar-refractivity contribution is 5.96. The van der Waals surface area contributed by atoms with Gasteiger partial charge in [0.15, 0.2) is 0 Å². The van der Waals surface area contributed by atoms with Gasteiger partial charge < -0.3 is 9.67 Å². The number of aromatic nitrogens is 1. The van der Waals surface area contributed by atoms with Gasteiger partial charge in [-0.1, -0.05) is 11.6 Å². The summed E-state index contributed by atoms with van der Waals surface area (Å²) in [6.45, 7) is 3.94. The maximum Gasteiger partial charge on any atom is 0.352 e. The molecule has 1 N–H and O–H groups in total. The van der Waals surface area contributed by atoms with Gasteiger partial charge in [-0.25, -0.2) is 4.79 Å². The van der Waals surface area contributed by atoms with Crippen molar-refractivity contribution in [3.05, 3.63) is 35.0 Å². The third-order valence-electron chi connectivity index (χ3n) is 2.78. The zero-order chi connectivity index (χ0) is 12.6. The van der Waals surface area contributed by atoms with E-state index in [0.717, 1.165) is 22.0 Å². The van der Waals surface area contributed by atoms with Crippen LogP contribution in [-0.4, -0.2) is 15.6 Å². The Kier molecular flexibility index (Phi) is 2.60. The Hall–Kier alpha value is -2.28. The normalized spacial score (nSPS) is 10.4. The summed E-state index contributed by atoms with van der Waals surface area (Å²) in [5, 5.41) is 18.8. The number of carbonyl (C=O) groups is 1. The van der Waals surface area contributed by atoms with Crippen molar-refractivity contribution in [1.29, 1.82) is 5.26 Å². The number of hydrogen-bond donors (Lipinski definition) is 1. The summed E-state index contributed by atoms with van der Waals surface area (Å²) in [4.78, 5) is 11.1. The average molecular weight is 228 g/mol. The Morgan fingerprint density at radius 1 is 1.41 bits per heavy atom. The fourth-order valence-electron chi connectivity index (χ4n) is 2.23. The molecule has 86 valence electrons. The molecule has 0 amide bonds. The van der Waals surface area contributed by atoms with Crippen molar-refractivity contribution in [2.75, 3.05) is 0 Å². The van der Waals surface area contributed by atoms with E-state index < -0.39 is 5.97 Å². The molecule has 0 spiro atoms. The third kappa shape index (κ3) is 1.76. The van der Waals surface area contributed by atoms with E-state index in [1.165, 1.54) is 0 Å². The number of carboxylic acids is 1. The number of aryl methyl sites for hydroxylation is 2. The summed E-state index contributed by atoms with van der Waals surface area (Å²) < 4.78 is 1.55. The lowest BCUT2D eigenvalue weighted by atomic mass is 10.1. The Labute approximate surface area is 98.7 Å². The molecule has 0 radical (unpaired) electrons. The summed E-state index contributed by atoms with van der Waals surface area (Å²) in [5.41, 5.74) is 3.06. The summed E-state index contributed by atoms with van der Waals surface area (Å²) in [7, 11) is 0. The van der Waals surface area contributed by atoms with Crippen LogP contribution in [0.3, 0.4) is 0 Å². The van der Waals surface area contributed by atoms with Crippen molar-refractivity contribution in [2.45, 2.75) is 20.4 Å². The molecule has 0 saturated heterocycles. The third-order valence-corrected chi connectivity index (χ3v) is 2.78. The van der Waals surface area contributed by atoms with Gasteiger partial charge in [-0.2, -0.15) is 5.26 Å². The number of nitriles is 1. The van der Waals surface area contributed by atoms with E-state index in [1.54, 1.807) is 10.6 Å². The second-order valence-corrected chi connectivity index (χ2v) is 4.10. The van der Waals surface area contributed by atoms with Gasteiger partial charge in [0.05, 0.1) is 11.6 Å².